The second-order valence-electron chi connectivity index (χ2n) is 9.16. The number of benzene rings is 2. The Morgan fingerprint density at radius 3 is 2.85 bits per heavy atom. The molecule has 0 fully saturated rings. The molecule has 0 saturated carbocycles. The molecule has 5 rings (SSSR count). The summed E-state index contributed by atoms with van der Waals surface area (Å²) in [6.45, 7) is 0. The van der Waals surface area contributed by atoms with Gasteiger partial charge in [0.1, 0.15) is 11.6 Å². The SMILES string of the molecule is COc1ccc(Cl)cc1NC(=O)CSc1nnc(N2C(N)=C(C#N)C(/C=C/c3ccccc3)C3=C2CCCC3=O)s1. The number of thioether (sulfide) groups is 1. The molecule has 2 aromatic carbocycles. The summed E-state index contributed by atoms with van der Waals surface area (Å²) in [5.74, 6) is -0.0403. The van der Waals surface area contributed by atoms with Gasteiger partial charge in [-0.05, 0) is 36.6 Å². The van der Waals surface area contributed by atoms with Crippen LogP contribution in [0.1, 0.15) is 24.8 Å². The Labute approximate surface area is 250 Å². The quantitative estimate of drug-likeness (QED) is 0.307. The number of Topliss-reactive ketones (excluding diaryl/α,β-unsaturated/α-hetero) is 1. The average molecular weight is 605 g/mol. The Hall–Kier alpha value is -4.11. The van der Waals surface area contributed by atoms with Crippen molar-refractivity contribution in [3.05, 3.63) is 87.9 Å². The van der Waals surface area contributed by atoms with E-state index in [9.17, 15) is 14.9 Å². The summed E-state index contributed by atoms with van der Waals surface area (Å²) < 4.78 is 5.82. The first-order chi connectivity index (χ1) is 19.9. The summed E-state index contributed by atoms with van der Waals surface area (Å²) in [5, 5.41) is 22.4. The Balaban J connectivity index is 1.38. The number of nitrogens with zero attached hydrogens (tertiary/aromatic N) is 4. The van der Waals surface area contributed by atoms with Gasteiger partial charge in [0, 0.05) is 28.6 Å². The van der Waals surface area contributed by atoms with Gasteiger partial charge in [-0.1, -0.05) is 77.2 Å². The largest absolute Gasteiger partial charge is 0.495 e. The fraction of sp³-hybridized carbons (Fsp3) is 0.207. The molecule has 3 aromatic rings. The maximum absolute atomic E-state index is 13.2. The molecule has 0 saturated heterocycles. The molecular formula is C29H25ClN6O3S2. The number of hydrogen-bond donors (Lipinski definition) is 2. The zero-order chi connectivity index (χ0) is 28.9. The zero-order valence-corrected chi connectivity index (χ0v) is 24.4. The van der Waals surface area contributed by atoms with E-state index in [1.165, 1.54) is 30.2 Å². The number of ether oxygens (including phenoxy) is 1. The molecule has 12 heteroatoms. The monoisotopic (exact) mass is 604 g/mol. The number of allylic oxidation sites excluding steroid dienone is 4. The third-order valence-electron chi connectivity index (χ3n) is 6.59. The summed E-state index contributed by atoms with van der Waals surface area (Å²) in [5.41, 5.74) is 9.59. The van der Waals surface area contributed by atoms with Gasteiger partial charge in [0.2, 0.25) is 11.0 Å². The number of hydrogen-bond acceptors (Lipinski definition) is 10. The predicted octanol–water partition coefficient (Wildman–Crippen LogP) is 5.78. The molecule has 3 N–H and O–H groups in total. The van der Waals surface area contributed by atoms with E-state index >= 15 is 0 Å². The maximum Gasteiger partial charge on any atom is 0.234 e. The van der Waals surface area contributed by atoms with E-state index < -0.39 is 5.92 Å². The lowest BCUT2D eigenvalue weighted by atomic mass is 9.79. The van der Waals surface area contributed by atoms with E-state index in [0.717, 1.165) is 11.3 Å². The van der Waals surface area contributed by atoms with Gasteiger partial charge in [-0.25, -0.2) is 0 Å². The third kappa shape index (κ3) is 6.15. The maximum atomic E-state index is 13.2. The van der Waals surface area contributed by atoms with Crippen LogP contribution in [0.15, 0.2) is 81.6 Å². The highest BCUT2D eigenvalue weighted by atomic mass is 35.5. The summed E-state index contributed by atoms with van der Waals surface area (Å²) in [4.78, 5) is 27.5. The van der Waals surface area contributed by atoms with Gasteiger partial charge in [0.15, 0.2) is 10.1 Å². The first-order valence-electron chi connectivity index (χ1n) is 12.7. The number of aromatic nitrogens is 2. The van der Waals surface area contributed by atoms with Gasteiger partial charge in [0.25, 0.3) is 0 Å². The van der Waals surface area contributed by atoms with Crippen molar-refractivity contribution >= 4 is 63.3 Å². The highest BCUT2D eigenvalue weighted by Gasteiger charge is 2.39. The van der Waals surface area contributed by atoms with E-state index in [1.54, 1.807) is 23.1 Å². The average Bonchev–Trinajstić information content (AvgIpc) is 3.44. The molecule has 0 radical (unpaired) electrons. The van der Waals surface area contributed by atoms with Crippen molar-refractivity contribution in [2.45, 2.75) is 23.6 Å². The highest BCUT2D eigenvalue weighted by Crippen LogP contribution is 2.44. The number of carbonyl (C=O) groups excluding carboxylic acids is 2. The van der Waals surface area contributed by atoms with E-state index in [0.29, 0.717) is 50.8 Å². The number of anilines is 2. The molecular weight excluding hydrogens is 580 g/mol. The number of nitrogens with one attached hydrogen (secondary N) is 1. The molecule has 1 unspecified atom stereocenters. The normalized spacial score (nSPS) is 17.0. The molecule has 0 bridgehead atoms. The van der Waals surface area contributed by atoms with E-state index in [4.69, 9.17) is 22.1 Å². The summed E-state index contributed by atoms with van der Waals surface area (Å²) >= 11 is 8.50. The Morgan fingerprint density at radius 1 is 1.29 bits per heavy atom. The van der Waals surface area contributed by atoms with E-state index in [2.05, 4.69) is 21.6 Å². The minimum Gasteiger partial charge on any atom is -0.495 e. The molecule has 41 heavy (non-hydrogen) atoms. The van der Waals surface area contributed by atoms with Crippen LogP contribution >= 0.6 is 34.7 Å². The number of carbonyl (C=O) groups is 2. The first-order valence-corrected chi connectivity index (χ1v) is 14.9. The van der Waals surface area contributed by atoms with Crippen molar-refractivity contribution in [2.75, 3.05) is 23.1 Å². The Kier molecular flexibility index (Phi) is 8.73. The highest BCUT2D eigenvalue weighted by molar-refractivity contribution is 8.01. The number of nitriles is 1. The van der Waals surface area contributed by atoms with Crippen LogP contribution in [0.25, 0.3) is 6.08 Å². The summed E-state index contributed by atoms with van der Waals surface area (Å²) in [6, 6.07) is 16.9. The molecule has 208 valence electrons. The Bertz CT molecular complexity index is 1630. The zero-order valence-electron chi connectivity index (χ0n) is 22.0. The van der Waals surface area contributed by atoms with Crippen LogP contribution in [0.2, 0.25) is 5.02 Å². The van der Waals surface area contributed by atoms with Crippen molar-refractivity contribution in [1.82, 2.24) is 10.2 Å². The van der Waals surface area contributed by atoms with Crippen LogP contribution in [0.4, 0.5) is 10.8 Å². The lowest BCUT2D eigenvalue weighted by Crippen LogP contribution is -2.39. The fourth-order valence-electron chi connectivity index (χ4n) is 4.75. The number of nitrogens with two attached hydrogens (primary N) is 1. The lowest BCUT2D eigenvalue weighted by Gasteiger charge is -2.37. The number of rotatable bonds is 8. The number of ketones is 1. The predicted molar refractivity (Wildman–Crippen MR) is 161 cm³/mol. The van der Waals surface area contributed by atoms with Crippen LogP contribution in [-0.4, -0.2) is 34.8 Å². The van der Waals surface area contributed by atoms with Crippen molar-refractivity contribution in [2.24, 2.45) is 11.7 Å². The second kappa shape index (κ2) is 12.6. The van der Waals surface area contributed by atoms with Crippen molar-refractivity contribution < 1.29 is 14.3 Å². The summed E-state index contributed by atoms with van der Waals surface area (Å²) in [6.07, 6.45) is 5.46. The minimum absolute atomic E-state index is 0.00793. The number of methoxy groups -OCH3 is 1. The van der Waals surface area contributed by atoms with Crippen LogP contribution in [0.5, 0.6) is 5.75 Å². The lowest BCUT2D eigenvalue weighted by molar-refractivity contribution is -0.116. The van der Waals surface area contributed by atoms with Crippen LogP contribution < -0.4 is 20.7 Å². The molecule has 9 nitrogen and oxygen atoms in total. The standard InChI is InChI=1S/C29H25ClN6O3S2/c1-39-24-13-11-18(30)14-21(24)33-25(38)16-40-29-35-34-28(41-29)36-22-8-5-9-23(37)26(22)19(20(15-31)27(36)32)12-10-17-6-3-2-4-7-17/h2-4,6-7,10-14,19H,5,8-9,16,32H2,1H3,(H,33,38)/b12-10+. The van der Waals surface area contributed by atoms with Crippen LogP contribution in [0, 0.1) is 17.2 Å². The molecule has 0 spiro atoms. The minimum atomic E-state index is -0.548. The molecule has 1 aliphatic carbocycles. The van der Waals surface area contributed by atoms with Gasteiger partial charge in [-0.2, -0.15) is 5.26 Å². The molecule has 2 heterocycles. The summed E-state index contributed by atoms with van der Waals surface area (Å²) in [7, 11) is 1.51. The Morgan fingerprint density at radius 2 is 2.10 bits per heavy atom. The number of halogens is 1. The van der Waals surface area contributed by atoms with E-state index in [1.807, 2.05) is 42.5 Å². The molecule has 1 aromatic heterocycles. The van der Waals surface area contributed by atoms with Gasteiger partial charge < -0.3 is 15.8 Å². The van der Waals surface area contributed by atoms with Gasteiger partial charge >= 0.3 is 0 Å². The second-order valence-corrected chi connectivity index (χ2v) is 11.8. The van der Waals surface area contributed by atoms with Gasteiger partial charge in [0.05, 0.1) is 30.2 Å². The van der Waals surface area contributed by atoms with Gasteiger partial charge in [-0.3, -0.25) is 14.5 Å². The molecule has 1 amide bonds. The molecule has 2 aliphatic rings. The van der Waals surface area contributed by atoms with Crippen molar-refractivity contribution in [3.63, 3.8) is 0 Å². The smallest absolute Gasteiger partial charge is 0.234 e. The van der Waals surface area contributed by atoms with Crippen LogP contribution in [-0.2, 0) is 9.59 Å². The number of amides is 1. The van der Waals surface area contributed by atoms with Crippen molar-refractivity contribution in [3.8, 4) is 11.8 Å². The fourth-order valence-corrected chi connectivity index (χ4v) is 6.61. The topological polar surface area (TPSA) is 134 Å². The molecule has 1 atom stereocenters. The van der Waals surface area contributed by atoms with Crippen molar-refractivity contribution in [1.29, 1.82) is 5.26 Å². The molecule has 1 aliphatic heterocycles. The van der Waals surface area contributed by atoms with Gasteiger partial charge in [-0.15, -0.1) is 10.2 Å². The van der Waals surface area contributed by atoms with E-state index in [-0.39, 0.29) is 28.8 Å². The first kappa shape index (κ1) is 28.4. The third-order valence-corrected chi connectivity index (χ3v) is 8.86. The van der Waals surface area contributed by atoms with Crippen LogP contribution in [0.3, 0.4) is 0 Å².